The van der Waals surface area contributed by atoms with Crippen molar-refractivity contribution in [1.82, 2.24) is 9.80 Å². The molecule has 182 valence electrons. The Hall–Kier alpha value is -2.06. The number of allylic oxidation sites excluding steroid dienone is 1. The van der Waals surface area contributed by atoms with E-state index in [-0.39, 0.29) is 17.0 Å². The minimum atomic E-state index is 0.241. The van der Waals surface area contributed by atoms with Gasteiger partial charge >= 0.3 is 0 Å². The smallest absolute Gasteiger partial charge is 0.0801 e. The molecule has 2 heterocycles. The third-order valence-corrected chi connectivity index (χ3v) is 8.22. The summed E-state index contributed by atoms with van der Waals surface area (Å²) in [5.41, 5.74) is 9.14. The van der Waals surface area contributed by atoms with E-state index in [1.807, 2.05) is 0 Å². The van der Waals surface area contributed by atoms with Gasteiger partial charge in [0.15, 0.2) is 0 Å². The molecule has 2 heteroatoms. The van der Waals surface area contributed by atoms with Crippen molar-refractivity contribution in [3.8, 4) is 0 Å². The lowest BCUT2D eigenvalue weighted by molar-refractivity contribution is 0.152. The molecule has 1 spiro atoms. The highest BCUT2D eigenvalue weighted by Gasteiger charge is 2.54. The van der Waals surface area contributed by atoms with Gasteiger partial charge in [-0.3, -0.25) is 0 Å². The number of hydrogen-bond acceptors (Lipinski definition) is 2. The van der Waals surface area contributed by atoms with Crippen LogP contribution in [-0.4, -0.2) is 35.0 Å². The summed E-state index contributed by atoms with van der Waals surface area (Å²) in [5.74, 6) is 0. The van der Waals surface area contributed by atoms with Crippen molar-refractivity contribution in [1.29, 1.82) is 0 Å². The van der Waals surface area contributed by atoms with Gasteiger partial charge in [0.2, 0.25) is 0 Å². The second-order valence-electron chi connectivity index (χ2n) is 12.6. The van der Waals surface area contributed by atoms with E-state index < -0.39 is 0 Å². The molecule has 0 aromatic heterocycles. The molecule has 2 nitrogen and oxygen atoms in total. The first-order valence-electron chi connectivity index (χ1n) is 13.6. The van der Waals surface area contributed by atoms with Crippen molar-refractivity contribution in [2.24, 2.45) is 5.41 Å². The second-order valence-corrected chi connectivity index (χ2v) is 12.6. The first-order valence-corrected chi connectivity index (χ1v) is 13.6. The molecule has 0 radical (unpaired) electrons. The quantitative estimate of drug-likeness (QED) is 0.427. The molecule has 1 unspecified atom stereocenters. The molecule has 2 aromatic rings. The van der Waals surface area contributed by atoms with Crippen molar-refractivity contribution < 1.29 is 0 Å². The fourth-order valence-electron chi connectivity index (χ4n) is 6.49. The Morgan fingerprint density at radius 2 is 1.74 bits per heavy atom. The van der Waals surface area contributed by atoms with Gasteiger partial charge in [0.25, 0.3) is 0 Å². The number of likely N-dealkylation sites (tertiary alicyclic amines) is 1. The van der Waals surface area contributed by atoms with Crippen molar-refractivity contribution in [3.05, 3.63) is 82.6 Å². The highest BCUT2D eigenvalue weighted by Crippen LogP contribution is 2.56. The lowest BCUT2D eigenvalue weighted by Crippen LogP contribution is -2.46. The summed E-state index contributed by atoms with van der Waals surface area (Å²) in [6.45, 7) is 17.8. The largest absolute Gasteiger partial charge is 0.358 e. The summed E-state index contributed by atoms with van der Waals surface area (Å²) in [6.07, 6.45) is 10.00. The molecule has 0 N–H and O–H groups in total. The first-order chi connectivity index (χ1) is 16.2. The van der Waals surface area contributed by atoms with Gasteiger partial charge in [0, 0.05) is 11.2 Å². The zero-order chi connectivity index (χ0) is 23.9. The molecule has 34 heavy (non-hydrogen) atoms. The molecule has 2 aliphatic heterocycles. The topological polar surface area (TPSA) is 6.48 Å². The van der Waals surface area contributed by atoms with Crippen LogP contribution in [-0.2, 0) is 12.8 Å². The average Bonchev–Trinajstić information content (AvgIpc) is 3.32. The minimum absolute atomic E-state index is 0.241. The summed E-state index contributed by atoms with van der Waals surface area (Å²) < 4.78 is 0. The van der Waals surface area contributed by atoms with Crippen LogP contribution in [0.4, 0.5) is 0 Å². The van der Waals surface area contributed by atoms with E-state index in [2.05, 4.69) is 86.5 Å². The lowest BCUT2D eigenvalue weighted by Gasteiger charge is -2.48. The molecule has 2 fully saturated rings. The zero-order valence-electron chi connectivity index (χ0n) is 22.0. The molecule has 3 aliphatic rings. The predicted octanol–water partition coefficient (Wildman–Crippen LogP) is 7.45. The molecule has 0 bridgehead atoms. The van der Waals surface area contributed by atoms with Gasteiger partial charge in [-0.1, -0.05) is 75.4 Å². The van der Waals surface area contributed by atoms with E-state index in [1.165, 1.54) is 86.1 Å². The third kappa shape index (κ3) is 4.98. The number of benzene rings is 2. The van der Waals surface area contributed by atoms with Crippen LogP contribution in [0.15, 0.2) is 54.7 Å². The highest BCUT2D eigenvalue weighted by atomic mass is 15.3. The van der Waals surface area contributed by atoms with Gasteiger partial charge < -0.3 is 9.80 Å². The summed E-state index contributed by atoms with van der Waals surface area (Å²) in [7, 11) is 0. The Balaban J connectivity index is 1.42. The number of aryl methyl sites for hydroxylation is 2. The van der Waals surface area contributed by atoms with E-state index in [9.17, 15) is 0 Å². The molecular weight excluding hydrogens is 412 g/mol. The summed E-state index contributed by atoms with van der Waals surface area (Å²) >= 11 is 0. The fourth-order valence-corrected chi connectivity index (χ4v) is 6.49. The molecular formula is C32H44N2. The Kier molecular flexibility index (Phi) is 6.40. The Labute approximate surface area is 208 Å². The number of fused-ring (bicyclic) bond motifs is 1. The van der Waals surface area contributed by atoms with Crippen molar-refractivity contribution >= 4 is 0 Å². The maximum Gasteiger partial charge on any atom is 0.0801 e. The van der Waals surface area contributed by atoms with Gasteiger partial charge in [0.05, 0.1) is 6.04 Å². The van der Waals surface area contributed by atoms with E-state index in [0.717, 1.165) is 12.8 Å². The standard InChI is InChI=1S/C32H44N2/c1-24-10-15-29-28(21-24)23-32(16-17-32)34(25(2)22-31(3,4)5)30(29)27-13-11-26(12-14-27)9-8-20-33-18-6-7-19-33/h10-15,21,30H,2,6-9,16-20,22-23H2,1,3-5H3. The second kappa shape index (κ2) is 9.19. The average molecular weight is 457 g/mol. The van der Waals surface area contributed by atoms with Crippen LogP contribution in [0.2, 0.25) is 0 Å². The summed E-state index contributed by atoms with van der Waals surface area (Å²) in [4.78, 5) is 5.38. The zero-order valence-corrected chi connectivity index (χ0v) is 22.0. The SMILES string of the molecule is C=C(CC(C)(C)C)N1C(c2ccc(CCCN3CCCC3)cc2)c2ccc(C)cc2CC12CC2. The number of rotatable bonds is 7. The highest BCUT2D eigenvalue weighted by molar-refractivity contribution is 5.46. The monoisotopic (exact) mass is 456 g/mol. The van der Waals surface area contributed by atoms with E-state index >= 15 is 0 Å². The van der Waals surface area contributed by atoms with Gasteiger partial charge in [-0.25, -0.2) is 0 Å². The molecule has 1 saturated carbocycles. The third-order valence-electron chi connectivity index (χ3n) is 8.22. The van der Waals surface area contributed by atoms with E-state index in [1.54, 1.807) is 5.56 Å². The molecule has 5 rings (SSSR count). The molecule has 1 atom stereocenters. The van der Waals surface area contributed by atoms with E-state index in [4.69, 9.17) is 0 Å². The van der Waals surface area contributed by atoms with Crippen molar-refractivity contribution in [3.63, 3.8) is 0 Å². The number of nitrogens with zero attached hydrogens (tertiary/aromatic N) is 2. The van der Waals surface area contributed by atoms with Crippen molar-refractivity contribution in [2.75, 3.05) is 19.6 Å². The Bertz CT molecular complexity index is 1020. The summed E-state index contributed by atoms with van der Waals surface area (Å²) in [6, 6.07) is 17.0. The summed E-state index contributed by atoms with van der Waals surface area (Å²) in [5, 5.41) is 0. The van der Waals surface area contributed by atoms with Crippen LogP contribution in [0.25, 0.3) is 0 Å². The molecule has 0 amide bonds. The lowest BCUT2D eigenvalue weighted by atomic mass is 9.80. The van der Waals surface area contributed by atoms with Gasteiger partial charge in [-0.15, -0.1) is 0 Å². The van der Waals surface area contributed by atoms with Gasteiger partial charge in [0.1, 0.15) is 0 Å². The normalized spacial score (nSPS) is 21.6. The Morgan fingerprint density at radius 1 is 1.03 bits per heavy atom. The number of hydrogen-bond donors (Lipinski definition) is 0. The maximum atomic E-state index is 4.68. The van der Waals surface area contributed by atoms with Crippen LogP contribution < -0.4 is 0 Å². The van der Waals surface area contributed by atoms with Gasteiger partial charge in [-0.2, -0.15) is 0 Å². The fraction of sp³-hybridized carbons (Fsp3) is 0.562. The molecule has 1 saturated heterocycles. The van der Waals surface area contributed by atoms with Gasteiger partial charge in [-0.05, 0) is 106 Å². The Morgan fingerprint density at radius 3 is 2.38 bits per heavy atom. The van der Waals surface area contributed by atoms with Crippen LogP contribution >= 0.6 is 0 Å². The first kappa shape index (κ1) is 23.7. The molecule has 1 aliphatic carbocycles. The van der Waals surface area contributed by atoms with E-state index in [0.29, 0.717) is 0 Å². The van der Waals surface area contributed by atoms with Crippen LogP contribution in [0, 0.1) is 12.3 Å². The van der Waals surface area contributed by atoms with Crippen LogP contribution in [0.3, 0.4) is 0 Å². The maximum absolute atomic E-state index is 4.68. The predicted molar refractivity (Wildman–Crippen MR) is 144 cm³/mol. The minimum Gasteiger partial charge on any atom is -0.358 e. The molecule has 2 aromatic carbocycles. The van der Waals surface area contributed by atoms with Crippen molar-refractivity contribution in [2.45, 2.75) is 90.6 Å². The van der Waals surface area contributed by atoms with Crippen LogP contribution in [0.1, 0.15) is 93.2 Å². The van der Waals surface area contributed by atoms with Crippen LogP contribution in [0.5, 0.6) is 0 Å².